The molecular formula is C13H14O4. The molecule has 1 fully saturated rings. The Balaban J connectivity index is 1.70. The number of fused-ring (bicyclic) bond motifs is 1. The molecule has 4 heteroatoms. The predicted molar refractivity (Wildman–Crippen MR) is 60.4 cm³/mol. The lowest BCUT2D eigenvalue weighted by atomic mass is 10.1. The molecule has 0 aromatic heterocycles. The van der Waals surface area contributed by atoms with Gasteiger partial charge in [-0.15, -0.1) is 0 Å². The minimum atomic E-state index is -0.674. The van der Waals surface area contributed by atoms with Crippen LogP contribution in [0.25, 0.3) is 0 Å². The zero-order valence-corrected chi connectivity index (χ0v) is 9.39. The highest BCUT2D eigenvalue weighted by molar-refractivity contribution is 5.73. The monoisotopic (exact) mass is 234 g/mol. The van der Waals surface area contributed by atoms with E-state index in [4.69, 9.17) is 14.6 Å². The molecule has 1 aromatic carbocycles. The number of carboxylic acids is 1. The maximum absolute atomic E-state index is 10.8. The van der Waals surface area contributed by atoms with Gasteiger partial charge in [-0.25, -0.2) is 0 Å². The molecule has 2 aliphatic rings. The summed E-state index contributed by atoms with van der Waals surface area (Å²) in [6.45, 7) is 1.17. The smallest absolute Gasteiger partial charge is 0.306 e. The van der Waals surface area contributed by atoms with Crippen molar-refractivity contribution in [1.29, 1.82) is 0 Å². The Morgan fingerprint density at radius 3 is 2.76 bits per heavy atom. The van der Waals surface area contributed by atoms with Gasteiger partial charge in [0.15, 0.2) is 11.5 Å². The molecule has 3 rings (SSSR count). The molecule has 0 saturated heterocycles. The fourth-order valence-electron chi connectivity index (χ4n) is 2.29. The standard InChI is InChI=1S/C13H14O4/c14-13(15)10-7-9(10)5-8-1-2-11-12(6-8)17-4-3-16-11/h1-2,6,9-10H,3-5,7H2,(H,14,15). The first kappa shape index (κ1) is 10.4. The summed E-state index contributed by atoms with van der Waals surface area (Å²) in [5.74, 6) is 1.03. The topological polar surface area (TPSA) is 55.8 Å². The molecule has 0 bridgehead atoms. The largest absolute Gasteiger partial charge is 0.486 e. The highest BCUT2D eigenvalue weighted by Gasteiger charge is 2.42. The molecule has 1 aliphatic carbocycles. The number of carbonyl (C=O) groups is 1. The lowest BCUT2D eigenvalue weighted by molar-refractivity contribution is -0.138. The molecule has 1 aromatic rings. The fraction of sp³-hybridized carbons (Fsp3) is 0.462. The average Bonchev–Trinajstić information content (AvgIpc) is 3.08. The molecular weight excluding hydrogens is 220 g/mol. The van der Waals surface area contributed by atoms with Gasteiger partial charge in [0.2, 0.25) is 0 Å². The number of rotatable bonds is 3. The van der Waals surface area contributed by atoms with Crippen molar-refractivity contribution in [3.8, 4) is 11.5 Å². The van der Waals surface area contributed by atoms with E-state index < -0.39 is 5.97 Å². The van der Waals surface area contributed by atoms with Crippen LogP contribution in [-0.2, 0) is 11.2 Å². The third-order valence-electron chi connectivity index (χ3n) is 3.34. The van der Waals surface area contributed by atoms with E-state index in [2.05, 4.69) is 0 Å². The lowest BCUT2D eigenvalue weighted by Crippen LogP contribution is -2.15. The van der Waals surface area contributed by atoms with E-state index >= 15 is 0 Å². The first-order chi connectivity index (χ1) is 8.24. The summed E-state index contributed by atoms with van der Waals surface area (Å²) in [5.41, 5.74) is 1.13. The Labute approximate surface area is 99.2 Å². The van der Waals surface area contributed by atoms with Gasteiger partial charge in [0.25, 0.3) is 0 Å². The predicted octanol–water partition coefficient (Wildman–Crippen LogP) is 1.72. The Hall–Kier alpha value is -1.71. The SMILES string of the molecule is O=C(O)C1CC1Cc1ccc2c(c1)OCCO2. The van der Waals surface area contributed by atoms with Gasteiger partial charge in [-0.05, 0) is 36.5 Å². The minimum absolute atomic E-state index is 0.150. The second-order valence-corrected chi connectivity index (χ2v) is 4.62. The van der Waals surface area contributed by atoms with E-state index in [1.54, 1.807) is 0 Å². The molecule has 1 N–H and O–H groups in total. The molecule has 90 valence electrons. The molecule has 2 atom stereocenters. The summed E-state index contributed by atoms with van der Waals surface area (Å²) >= 11 is 0. The third-order valence-corrected chi connectivity index (χ3v) is 3.34. The van der Waals surface area contributed by atoms with Crippen LogP contribution in [0.15, 0.2) is 18.2 Å². The lowest BCUT2D eigenvalue weighted by Gasteiger charge is -2.18. The molecule has 0 amide bonds. The van der Waals surface area contributed by atoms with Gasteiger partial charge >= 0.3 is 5.97 Å². The van der Waals surface area contributed by atoms with Crippen LogP contribution >= 0.6 is 0 Å². The van der Waals surface area contributed by atoms with Crippen LogP contribution in [0.3, 0.4) is 0 Å². The second kappa shape index (κ2) is 3.95. The summed E-state index contributed by atoms with van der Waals surface area (Å²) < 4.78 is 10.9. The maximum atomic E-state index is 10.8. The Morgan fingerprint density at radius 2 is 2.06 bits per heavy atom. The molecule has 4 nitrogen and oxygen atoms in total. The zero-order chi connectivity index (χ0) is 11.8. The molecule has 17 heavy (non-hydrogen) atoms. The van der Waals surface area contributed by atoms with Crippen molar-refractivity contribution in [1.82, 2.24) is 0 Å². The molecule has 0 radical (unpaired) electrons. The number of hydrogen-bond donors (Lipinski definition) is 1. The summed E-state index contributed by atoms with van der Waals surface area (Å²) in [6, 6.07) is 5.86. The van der Waals surface area contributed by atoms with Gasteiger partial charge in [-0.1, -0.05) is 6.07 Å². The van der Waals surface area contributed by atoms with Crippen molar-refractivity contribution in [3.05, 3.63) is 23.8 Å². The van der Waals surface area contributed by atoms with E-state index in [-0.39, 0.29) is 11.8 Å². The van der Waals surface area contributed by atoms with Crippen molar-refractivity contribution in [2.75, 3.05) is 13.2 Å². The maximum Gasteiger partial charge on any atom is 0.306 e. The summed E-state index contributed by atoms with van der Waals surface area (Å²) in [4.78, 5) is 10.8. The second-order valence-electron chi connectivity index (χ2n) is 4.62. The van der Waals surface area contributed by atoms with Crippen molar-refractivity contribution < 1.29 is 19.4 Å². The number of ether oxygens (including phenoxy) is 2. The molecule has 2 unspecified atom stereocenters. The first-order valence-electron chi connectivity index (χ1n) is 5.85. The van der Waals surface area contributed by atoms with Gasteiger partial charge in [-0.2, -0.15) is 0 Å². The van der Waals surface area contributed by atoms with Crippen LogP contribution in [0.1, 0.15) is 12.0 Å². The molecule has 1 heterocycles. The molecule has 1 aliphatic heterocycles. The van der Waals surface area contributed by atoms with Gasteiger partial charge in [0.1, 0.15) is 13.2 Å². The quantitative estimate of drug-likeness (QED) is 0.865. The van der Waals surface area contributed by atoms with Crippen molar-refractivity contribution in [3.63, 3.8) is 0 Å². The van der Waals surface area contributed by atoms with E-state index in [0.29, 0.717) is 13.2 Å². The highest BCUT2D eigenvalue weighted by atomic mass is 16.6. The molecule has 0 spiro atoms. The van der Waals surface area contributed by atoms with Crippen molar-refractivity contribution in [2.24, 2.45) is 11.8 Å². The van der Waals surface area contributed by atoms with E-state index in [1.807, 2.05) is 18.2 Å². The number of carboxylic acid groups (broad SMARTS) is 1. The van der Waals surface area contributed by atoms with E-state index in [9.17, 15) is 4.79 Å². The Kier molecular flexibility index (Phi) is 2.42. The van der Waals surface area contributed by atoms with Crippen LogP contribution in [-0.4, -0.2) is 24.3 Å². The normalized spacial score (nSPS) is 25.4. The average molecular weight is 234 g/mol. The third kappa shape index (κ3) is 2.07. The van der Waals surface area contributed by atoms with Crippen molar-refractivity contribution >= 4 is 5.97 Å². The van der Waals surface area contributed by atoms with Crippen LogP contribution in [0, 0.1) is 11.8 Å². The number of hydrogen-bond acceptors (Lipinski definition) is 3. The summed E-state index contributed by atoms with van der Waals surface area (Å²) in [5, 5.41) is 8.85. The fourth-order valence-corrected chi connectivity index (χ4v) is 2.29. The van der Waals surface area contributed by atoms with E-state index in [1.165, 1.54) is 0 Å². The van der Waals surface area contributed by atoms with Crippen molar-refractivity contribution in [2.45, 2.75) is 12.8 Å². The van der Waals surface area contributed by atoms with Gasteiger partial charge in [-0.3, -0.25) is 4.79 Å². The van der Waals surface area contributed by atoms with Crippen LogP contribution < -0.4 is 9.47 Å². The molecule has 1 saturated carbocycles. The Morgan fingerprint density at radius 1 is 1.29 bits per heavy atom. The Bertz CT molecular complexity index is 455. The zero-order valence-electron chi connectivity index (χ0n) is 9.39. The van der Waals surface area contributed by atoms with Gasteiger partial charge in [0, 0.05) is 0 Å². The number of aliphatic carboxylic acids is 1. The highest BCUT2D eigenvalue weighted by Crippen LogP contribution is 2.42. The van der Waals surface area contributed by atoms with Crippen LogP contribution in [0.4, 0.5) is 0 Å². The van der Waals surface area contributed by atoms with Gasteiger partial charge in [0.05, 0.1) is 5.92 Å². The summed E-state index contributed by atoms with van der Waals surface area (Å²) in [6.07, 6.45) is 1.61. The first-order valence-corrected chi connectivity index (χ1v) is 5.85. The van der Waals surface area contributed by atoms with Crippen LogP contribution in [0.2, 0.25) is 0 Å². The summed E-state index contributed by atoms with van der Waals surface area (Å²) in [7, 11) is 0. The minimum Gasteiger partial charge on any atom is -0.486 e. The number of benzene rings is 1. The van der Waals surface area contributed by atoms with Crippen LogP contribution in [0.5, 0.6) is 11.5 Å². The van der Waals surface area contributed by atoms with E-state index in [0.717, 1.165) is 29.9 Å². The van der Waals surface area contributed by atoms with Gasteiger partial charge < -0.3 is 14.6 Å².